The van der Waals surface area contributed by atoms with Gasteiger partial charge in [0.05, 0.1) is 5.69 Å². The average molecular weight is 416 g/mol. The summed E-state index contributed by atoms with van der Waals surface area (Å²) in [6, 6.07) is 7.13. The quantitative estimate of drug-likeness (QED) is 0.524. The molecule has 11 heteroatoms. The number of aliphatic hydroxyl groups is 2. The van der Waals surface area contributed by atoms with Gasteiger partial charge < -0.3 is 25.6 Å². The highest BCUT2D eigenvalue weighted by Crippen LogP contribution is 2.29. The van der Waals surface area contributed by atoms with Gasteiger partial charge in [0.1, 0.15) is 18.0 Å². The van der Waals surface area contributed by atoms with Gasteiger partial charge in [-0.15, -0.1) is 0 Å². The van der Waals surface area contributed by atoms with Crippen molar-refractivity contribution in [3.8, 4) is 0 Å². The molecule has 0 spiro atoms. The third-order valence-electron chi connectivity index (χ3n) is 5.40. The van der Waals surface area contributed by atoms with Crippen molar-refractivity contribution >= 4 is 11.7 Å². The van der Waals surface area contributed by atoms with E-state index in [9.17, 15) is 19.8 Å². The summed E-state index contributed by atoms with van der Waals surface area (Å²) < 4.78 is 6.61. The first-order chi connectivity index (χ1) is 14.4. The molecule has 11 nitrogen and oxygen atoms in total. The first kappa shape index (κ1) is 20.4. The topological polar surface area (TPSA) is 147 Å². The smallest absolute Gasteiger partial charge is 0.351 e. The Morgan fingerprint density at radius 1 is 1.17 bits per heavy atom. The van der Waals surface area contributed by atoms with E-state index in [4.69, 9.17) is 10.5 Å². The summed E-state index contributed by atoms with van der Waals surface area (Å²) in [5, 5.41) is 20.7. The number of hydrogen-bond donors (Lipinski definition) is 3. The zero-order valence-corrected chi connectivity index (χ0v) is 16.2. The lowest BCUT2D eigenvalue weighted by Gasteiger charge is -2.35. The lowest BCUT2D eigenvalue weighted by Crippen LogP contribution is -2.53. The predicted molar refractivity (Wildman–Crippen MR) is 105 cm³/mol. The van der Waals surface area contributed by atoms with Crippen molar-refractivity contribution in [2.24, 2.45) is 0 Å². The number of nitrogen functional groups attached to an aromatic ring is 1. The normalized spacial score (nSPS) is 27.3. The van der Waals surface area contributed by atoms with Gasteiger partial charge >= 0.3 is 5.69 Å². The second-order valence-corrected chi connectivity index (χ2v) is 7.39. The number of hydrogen-bond acceptors (Lipinski definition) is 9. The number of carbonyl (C=O) groups is 1. The minimum absolute atomic E-state index is 0.0282. The number of aliphatic hydroxyl groups excluding tert-OH is 2. The zero-order chi connectivity index (χ0) is 21.3. The number of aromatic nitrogens is 3. The Morgan fingerprint density at radius 3 is 2.60 bits per heavy atom. The summed E-state index contributed by atoms with van der Waals surface area (Å²) in [7, 11) is 0. The monoisotopic (exact) mass is 416 g/mol. The molecule has 2 aromatic heterocycles. The van der Waals surface area contributed by atoms with Crippen LogP contribution >= 0.6 is 0 Å². The molecular weight excluding hydrogens is 392 g/mol. The third-order valence-corrected chi connectivity index (χ3v) is 5.40. The molecule has 4 atom stereocenters. The Morgan fingerprint density at radius 2 is 1.93 bits per heavy atom. The van der Waals surface area contributed by atoms with Crippen LogP contribution in [0, 0.1) is 0 Å². The Bertz CT molecular complexity index is 946. The van der Waals surface area contributed by atoms with E-state index in [0.29, 0.717) is 32.7 Å². The molecule has 0 unspecified atom stereocenters. The number of anilines is 1. The predicted octanol–water partition coefficient (Wildman–Crippen LogP) is -1.82. The number of rotatable bonds is 4. The molecule has 0 saturated carbocycles. The van der Waals surface area contributed by atoms with E-state index in [0.717, 1.165) is 10.3 Å². The van der Waals surface area contributed by atoms with E-state index >= 15 is 0 Å². The molecule has 4 N–H and O–H groups in total. The number of nitrogens with two attached hydrogens (primary N) is 1. The van der Waals surface area contributed by atoms with Crippen LogP contribution in [0.15, 0.2) is 41.5 Å². The van der Waals surface area contributed by atoms with E-state index in [1.54, 1.807) is 11.1 Å². The summed E-state index contributed by atoms with van der Waals surface area (Å²) >= 11 is 0. The Kier molecular flexibility index (Phi) is 5.77. The molecule has 160 valence electrons. The fourth-order valence-electron chi connectivity index (χ4n) is 3.74. The second kappa shape index (κ2) is 8.48. The number of amides is 1. The van der Waals surface area contributed by atoms with Gasteiger partial charge in [0, 0.05) is 45.1 Å². The molecule has 2 aliphatic heterocycles. The summed E-state index contributed by atoms with van der Waals surface area (Å²) in [6.07, 6.45) is -2.34. The van der Waals surface area contributed by atoms with Gasteiger partial charge in [-0.05, 0) is 18.2 Å². The van der Waals surface area contributed by atoms with E-state index < -0.39 is 36.1 Å². The average Bonchev–Trinajstić information content (AvgIpc) is 3.04. The van der Waals surface area contributed by atoms with Crippen LogP contribution in [0.25, 0.3) is 0 Å². The van der Waals surface area contributed by atoms with Gasteiger partial charge in [-0.2, -0.15) is 4.98 Å². The van der Waals surface area contributed by atoms with Gasteiger partial charge in [0.2, 0.25) is 0 Å². The van der Waals surface area contributed by atoms with Gasteiger partial charge in [-0.3, -0.25) is 19.2 Å². The molecule has 0 aromatic carbocycles. The highest BCUT2D eigenvalue weighted by Gasteiger charge is 2.49. The third kappa shape index (κ3) is 4.05. The van der Waals surface area contributed by atoms with Crippen LogP contribution in [0.5, 0.6) is 0 Å². The minimum atomic E-state index is -1.46. The molecule has 2 fully saturated rings. The zero-order valence-electron chi connectivity index (χ0n) is 16.2. The second-order valence-electron chi connectivity index (χ2n) is 7.39. The van der Waals surface area contributed by atoms with Crippen LogP contribution in [0.2, 0.25) is 0 Å². The minimum Gasteiger partial charge on any atom is -0.387 e. The first-order valence-electron chi connectivity index (χ1n) is 9.71. The lowest BCUT2D eigenvalue weighted by atomic mass is 10.1. The Balaban J connectivity index is 1.38. The van der Waals surface area contributed by atoms with Crippen molar-refractivity contribution in [2.45, 2.75) is 31.1 Å². The molecule has 4 rings (SSSR count). The molecule has 2 aliphatic rings. The van der Waals surface area contributed by atoms with Crippen molar-refractivity contribution in [2.75, 3.05) is 31.9 Å². The summed E-state index contributed by atoms with van der Waals surface area (Å²) in [4.78, 5) is 36.6. The molecule has 0 aliphatic carbocycles. The number of nitrogens with zero attached hydrogens (tertiary/aromatic N) is 5. The summed E-state index contributed by atoms with van der Waals surface area (Å²) in [6.45, 7) is 2.92. The fraction of sp³-hybridized carbons (Fsp3) is 0.474. The molecule has 2 saturated heterocycles. The van der Waals surface area contributed by atoms with Crippen LogP contribution in [-0.2, 0) is 16.1 Å². The van der Waals surface area contributed by atoms with Gasteiger partial charge in [-0.1, -0.05) is 6.07 Å². The van der Waals surface area contributed by atoms with Crippen LogP contribution in [0.4, 0.5) is 5.82 Å². The maximum Gasteiger partial charge on any atom is 0.351 e. The van der Waals surface area contributed by atoms with Gasteiger partial charge in [0.15, 0.2) is 12.3 Å². The Hall–Kier alpha value is -2.86. The standard InChI is InChI=1S/C19H24N6O5/c20-13-4-6-25(19(29)22-13)18-15(27)14(26)16(30-18)17(28)24-9-7-23(8-10-24)11-12-3-1-2-5-21-12/h1-6,14-16,18,26-27H,7-11H2,(H2,20,22,29)/t14-,15+,16-,18+/m0/s1. The largest absolute Gasteiger partial charge is 0.387 e. The van der Waals surface area contributed by atoms with Gasteiger partial charge in [0.25, 0.3) is 5.91 Å². The summed E-state index contributed by atoms with van der Waals surface area (Å²) in [5.74, 6) is -0.390. The maximum atomic E-state index is 12.9. The first-order valence-corrected chi connectivity index (χ1v) is 9.71. The maximum absolute atomic E-state index is 12.9. The van der Waals surface area contributed by atoms with Crippen molar-refractivity contribution in [1.29, 1.82) is 0 Å². The van der Waals surface area contributed by atoms with Crippen LogP contribution in [-0.4, -0.2) is 84.9 Å². The van der Waals surface area contributed by atoms with Crippen LogP contribution in [0.1, 0.15) is 11.9 Å². The van der Waals surface area contributed by atoms with E-state index in [-0.39, 0.29) is 5.82 Å². The SMILES string of the molecule is Nc1ccn([C@@H]2O[C@H](C(=O)N3CCN(Cc4ccccn4)CC3)[C@@H](O)[C@H]2O)c(=O)n1. The number of carbonyl (C=O) groups excluding carboxylic acids is 1. The number of pyridine rings is 1. The fourth-order valence-corrected chi connectivity index (χ4v) is 3.74. The molecule has 2 aromatic rings. The molecule has 30 heavy (non-hydrogen) atoms. The van der Waals surface area contributed by atoms with Crippen molar-refractivity contribution < 1.29 is 19.7 Å². The van der Waals surface area contributed by atoms with E-state index in [1.807, 2.05) is 18.2 Å². The lowest BCUT2D eigenvalue weighted by molar-refractivity contribution is -0.150. The molecular formula is C19H24N6O5. The van der Waals surface area contributed by atoms with Crippen molar-refractivity contribution in [1.82, 2.24) is 24.3 Å². The summed E-state index contributed by atoms with van der Waals surface area (Å²) in [5.41, 5.74) is 5.70. The van der Waals surface area contributed by atoms with Crippen molar-refractivity contribution in [3.63, 3.8) is 0 Å². The molecule has 1 amide bonds. The Labute approximate surface area is 172 Å². The van der Waals surface area contributed by atoms with Gasteiger partial charge in [-0.25, -0.2) is 4.79 Å². The molecule has 0 radical (unpaired) electrons. The number of piperazine rings is 1. The van der Waals surface area contributed by atoms with E-state index in [2.05, 4.69) is 14.9 Å². The molecule has 4 heterocycles. The number of ether oxygens (including phenoxy) is 1. The van der Waals surface area contributed by atoms with Crippen LogP contribution < -0.4 is 11.4 Å². The van der Waals surface area contributed by atoms with E-state index in [1.165, 1.54) is 12.3 Å². The highest BCUT2D eigenvalue weighted by molar-refractivity contribution is 5.82. The molecule has 0 bridgehead atoms. The van der Waals surface area contributed by atoms with Crippen LogP contribution in [0.3, 0.4) is 0 Å². The highest BCUT2D eigenvalue weighted by atomic mass is 16.6. The van der Waals surface area contributed by atoms with Crippen molar-refractivity contribution in [3.05, 3.63) is 52.8 Å².